The molecule has 1 unspecified atom stereocenters. The molecule has 1 aromatic heterocycles. The second kappa shape index (κ2) is 5.51. The maximum Gasteiger partial charge on any atom is 0.0449 e. The summed E-state index contributed by atoms with van der Waals surface area (Å²) >= 11 is 0. The second-order valence-electron chi connectivity index (χ2n) is 4.95. The molecule has 0 saturated carbocycles. The van der Waals surface area contributed by atoms with E-state index in [2.05, 4.69) is 38.3 Å². The van der Waals surface area contributed by atoms with Crippen LogP contribution in [0.3, 0.4) is 0 Å². The molecule has 0 spiro atoms. The second-order valence-corrected chi connectivity index (χ2v) is 4.95. The Morgan fingerprint density at radius 3 is 2.50 bits per heavy atom. The highest BCUT2D eigenvalue weighted by Crippen LogP contribution is 2.23. The lowest BCUT2D eigenvalue weighted by atomic mass is 10.1. The molecule has 1 atom stereocenters. The monoisotopic (exact) mass is 224 g/mol. The van der Waals surface area contributed by atoms with E-state index in [0.29, 0.717) is 12.3 Å². The van der Waals surface area contributed by atoms with Crippen LogP contribution in [0.4, 0.5) is 0 Å². The fourth-order valence-corrected chi connectivity index (χ4v) is 2.14. The van der Waals surface area contributed by atoms with Crippen molar-refractivity contribution in [3.05, 3.63) is 23.0 Å². The Kier molecular flexibility index (Phi) is 4.56. The van der Waals surface area contributed by atoms with Gasteiger partial charge in [-0.05, 0) is 37.8 Å². The summed E-state index contributed by atoms with van der Waals surface area (Å²) in [7, 11) is 0. The average molecular weight is 224 g/mol. The predicted molar refractivity (Wildman–Crippen MR) is 67.4 cm³/mol. The zero-order valence-electron chi connectivity index (χ0n) is 10.8. The molecule has 1 rings (SSSR count). The van der Waals surface area contributed by atoms with E-state index in [-0.39, 0.29) is 12.6 Å². The molecule has 0 saturated heterocycles. The smallest absolute Gasteiger partial charge is 0.0449 e. The Hall–Kier alpha value is -0.800. The van der Waals surface area contributed by atoms with Gasteiger partial charge in [-0.1, -0.05) is 13.8 Å². The largest absolute Gasteiger partial charge is 0.396 e. The van der Waals surface area contributed by atoms with Gasteiger partial charge in [-0.15, -0.1) is 0 Å². The molecule has 16 heavy (non-hydrogen) atoms. The van der Waals surface area contributed by atoms with Gasteiger partial charge in [0.25, 0.3) is 0 Å². The van der Waals surface area contributed by atoms with Crippen molar-refractivity contribution in [3.8, 4) is 0 Å². The van der Waals surface area contributed by atoms with Crippen LogP contribution in [0, 0.1) is 19.8 Å². The van der Waals surface area contributed by atoms with Crippen molar-refractivity contribution >= 4 is 0 Å². The highest BCUT2D eigenvalue weighted by atomic mass is 16.3. The molecule has 92 valence electrons. The van der Waals surface area contributed by atoms with Crippen molar-refractivity contribution < 1.29 is 5.11 Å². The normalized spacial score (nSPS) is 13.4. The minimum Gasteiger partial charge on any atom is -0.396 e. The quantitative estimate of drug-likeness (QED) is 0.805. The van der Waals surface area contributed by atoms with E-state index in [1.54, 1.807) is 0 Å². The number of nitrogens with zero attached hydrogens (tertiary/aromatic N) is 1. The number of aryl methyl sites for hydroxylation is 1. The molecule has 3 heteroatoms. The average Bonchev–Trinajstić information content (AvgIpc) is 2.45. The Morgan fingerprint density at radius 2 is 2.00 bits per heavy atom. The van der Waals surface area contributed by atoms with Crippen molar-refractivity contribution in [2.75, 3.05) is 6.61 Å². The van der Waals surface area contributed by atoms with Crippen molar-refractivity contribution in [1.82, 2.24) is 4.57 Å². The Bertz CT molecular complexity index is 342. The summed E-state index contributed by atoms with van der Waals surface area (Å²) in [5, 5.41) is 8.92. The van der Waals surface area contributed by atoms with Gasteiger partial charge in [-0.2, -0.15) is 0 Å². The van der Waals surface area contributed by atoms with Gasteiger partial charge in [0.2, 0.25) is 0 Å². The molecule has 0 aliphatic heterocycles. The zero-order chi connectivity index (χ0) is 12.3. The number of rotatable bonds is 5. The summed E-state index contributed by atoms with van der Waals surface area (Å²) in [6.45, 7) is 9.84. The molecule has 0 radical (unpaired) electrons. The van der Waals surface area contributed by atoms with Gasteiger partial charge in [0.15, 0.2) is 0 Å². The topological polar surface area (TPSA) is 51.2 Å². The summed E-state index contributed by atoms with van der Waals surface area (Å²) in [4.78, 5) is 0. The first kappa shape index (κ1) is 13.3. The lowest BCUT2D eigenvalue weighted by Gasteiger charge is -2.14. The summed E-state index contributed by atoms with van der Waals surface area (Å²) in [6, 6.07) is 2.11. The number of aliphatic hydroxyl groups excluding tert-OH is 1. The Morgan fingerprint density at radius 1 is 1.38 bits per heavy atom. The molecular formula is C13H24N2O. The predicted octanol–water partition coefficient (Wildman–Crippen LogP) is 2.14. The van der Waals surface area contributed by atoms with Crippen LogP contribution < -0.4 is 5.73 Å². The summed E-state index contributed by atoms with van der Waals surface area (Å²) in [5.41, 5.74) is 9.72. The lowest BCUT2D eigenvalue weighted by Crippen LogP contribution is -2.14. The van der Waals surface area contributed by atoms with Crippen molar-refractivity contribution in [2.24, 2.45) is 11.7 Å². The van der Waals surface area contributed by atoms with E-state index in [1.165, 1.54) is 17.0 Å². The summed E-state index contributed by atoms with van der Waals surface area (Å²) in [6.07, 6.45) is 0.631. The van der Waals surface area contributed by atoms with Gasteiger partial charge >= 0.3 is 0 Å². The van der Waals surface area contributed by atoms with Crippen LogP contribution >= 0.6 is 0 Å². The molecular weight excluding hydrogens is 200 g/mol. The first-order chi connectivity index (χ1) is 7.47. The van der Waals surface area contributed by atoms with E-state index in [9.17, 15) is 0 Å². The fourth-order valence-electron chi connectivity index (χ4n) is 2.14. The molecule has 0 fully saturated rings. The van der Waals surface area contributed by atoms with Crippen molar-refractivity contribution in [2.45, 2.75) is 46.7 Å². The van der Waals surface area contributed by atoms with E-state index < -0.39 is 0 Å². The third kappa shape index (κ3) is 2.86. The number of hydrogen-bond acceptors (Lipinski definition) is 2. The standard InChI is InChI=1S/C13H24N2O/c1-9(2)8-15-10(3)7-12(11(15)4)13(14)5-6-16/h7,9,13,16H,5-6,8,14H2,1-4H3. The molecule has 0 aliphatic carbocycles. The molecule has 3 nitrogen and oxygen atoms in total. The molecule has 0 aromatic carbocycles. The van der Waals surface area contributed by atoms with E-state index >= 15 is 0 Å². The number of aliphatic hydroxyl groups is 1. The molecule has 1 aromatic rings. The number of nitrogens with two attached hydrogens (primary N) is 1. The molecule has 0 aliphatic rings. The first-order valence-corrected chi connectivity index (χ1v) is 6.00. The highest BCUT2D eigenvalue weighted by Gasteiger charge is 2.15. The Labute approximate surface area is 98.3 Å². The third-order valence-electron chi connectivity index (χ3n) is 3.00. The maximum atomic E-state index is 8.92. The van der Waals surface area contributed by atoms with Crippen LogP contribution in [-0.2, 0) is 6.54 Å². The van der Waals surface area contributed by atoms with Crippen molar-refractivity contribution in [1.29, 1.82) is 0 Å². The summed E-state index contributed by atoms with van der Waals surface area (Å²) < 4.78 is 2.32. The molecule has 3 N–H and O–H groups in total. The molecule has 1 heterocycles. The van der Waals surface area contributed by atoms with Crippen LogP contribution in [-0.4, -0.2) is 16.3 Å². The summed E-state index contributed by atoms with van der Waals surface area (Å²) in [5.74, 6) is 0.631. The zero-order valence-corrected chi connectivity index (χ0v) is 10.8. The lowest BCUT2D eigenvalue weighted by molar-refractivity contribution is 0.276. The van der Waals surface area contributed by atoms with Gasteiger partial charge in [-0.25, -0.2) is 0 Å². The minimum absolute atomic E-state index is 0.0443. The van der Waals surface area contributed by atoms with Crippen LogP contribution in [0.25, 0.3) is 0 Å². The van der Waals surface area contributed by atoms with Crippen molar-refractivity contribution in [3.63, 3.8) is 0 Å². The molecule has 0 bridgehead atoms. The van der Waals surface area contributed by atoms with E-state index in [4.69, 9.17) is 10.8 Å². The highest BCUT2D eigenvalue weighted by molar-refractivity contribution is 5.29. The van der Waals surface area contributed by atoms with E-state index in [1.807, 2.05) is 0 Å². The first-order valence-electron chi connectivity index (χ1n) is 6.00. The number of hydrogen-bond donors (Lipinski definition) is 2. The van der Waals surface area contributed by atoms with Gasteiger partial charge in [0.05, 0.1) is 0 Å². The van der Waals surface area contributed by atoms with Gasteiger partial charge in [0.1, 0.15) is 0 Å². The van der Waals surface area contributed by atoms with Gasteiger partial charge in [0, 0.05) is 30.6 Å². The molecule has 0 amide bonds. The fraction of sp³-hybridized carbons (Fsp3) is 0.692. The van der Waals surface area contributed by atoms with Gasteiger partial charge < -0.3 is 15.4 Å². The van der Waals surface area contributed by atoms with Gasteiger partial charge in [-0.3, -0.25) is 0 Å². The van der Waals surface area contributed by atoms with E-state index in [0.717, 1.165) is 6.54 Å². The third-order valence-corrected chi connectivity index (χ3v) is 3.00. The van der Waals surface area contributed by atoms with Crippen LogP contribution in [0.15, 0.2) is 6.07 Å². The van der Waals surface area contributed by atoms with Crippen LogP contribution in [0.1, 0.15) is 43.3 Å². The Balaban J connectivity index is 2.96. The number of aromatic nitrogens is 1. The van der Waals surface area contributed by atoms with Crippen LogP contribution in [0.2, 0.25) is 0 Å². The van der Waals surface area contributed by atoms with Crippen LogP contribution in [0.5, 0.6) is 0 Å². The SMILES string of the molecule is Cc1cc(C(N)CCO)c(C)n1CC(C)C. The maximum absolute atomic E-state index is 8.92. The minimum atomic E-state index is -0.0443.